The fourth-order valence-electron chi connectivity index (χ4n) is 4.53. The molecule has 0 aliphatic heterocycles. The van der Waals surface area contributed by atoms with Gasteiger partial charge in [-0.2, -0.15) is 0 Å². The summed E-state index contributed by atoms with van der Waals surface area (Å²) < 4.78 is 5.88. The molecule has 1 N–H and O–H groups in total. The first-order chi connectivity index (χ1) is 15.4. The Kier molecular flexibility index (Phi) is 15.1. The van der Waals surface area contributed by atoms with Crippen LogP contribution in [-0.2, 0) is 14.3 Å². The average molecular weight is 449 g/mol. The number of ether oxygens (including phenoxy) is 1. The molecule has 0 aromatic rings. The highest BCUT2D eigenvalue weighted by molar-refractivity contribution is 5.89. The van der Waals surface area contributed by atoms with Gasteiger partial charge in [0.25, 0.3) is 0 Å². The molecule has 4 nitrogen and oxygen atoms in total. The summed E-state index contributed by atoms with van der Waals surface area (Å²) in [7, 11) is 0. The van der Waals surface area contributed by atoms with Crippen molar-refractivity contribution in [3.8, 4) is 0 Å². The Morgan fingerprint density at radius 3 is 1.78 bits per heavy atom. The fraction of sp³-hybridized carbons (Fsp3) is 0.786. The maximum absolute atomic E-state index is 12.7. The van der Waals surface area contributed by atoms with Crippen molar-refractivity contribution in [2.75, 3.05) is 0 Å². The molecular formula is C28H48O4. The number of rotatable bonds is 17. The van der Waals surface area contributed by atoms with E-state index in [1.54, 1.807) is 13.0 Å². The normalized spacial score (nSPS) is 16.7. The third kappa shape index (κ3) is 12.5. The van der Waals surface area contributed by atoms with Crippen LogP contribution in [-0.4, -0.2) is 22.6 Å². The van der Waals surface area contributed by atoms with Crippen LogP contribution >= 0.6 is 0 Å². The van der Waals surface area contributed by atoms with E-state index in [-0.39, 0.29) is 11.5 Å². The minimum absolute atomic E-state index is 0.248. The van der Waals surface area contributed by atoms with Gasteiger partial charge in [0.1, 0.15) is 5.60 Å². The molecule has 0 spiro atoms. The van der Waals surface area contributed by atoms with Crippen LogP contribution in [0.15, 0.2) is 23.3 Å². The van der Waals surface area contributed by atoms with Crippen LogP contribution in [0.3, 0.4) is 0 Å². The first kappa shape index (κ1) is 28.5. The van der Waals surface area contributed by atoms with Gasteiger partial charge < -0.3 is 9.84 Å². The van der Waals surface area contributed by atoms with Gasteiger partial charge >= 0.3 is 11.9 Å². The van der Waals surface area contributed by atoms with Crippen LogP contribution < -0.4 is 0 Å². The maximum Gasteiger partial charge on any atom is 0.334 e. The number of carbonyl (C=O) groups excluding carboxylic acids is 1. The number of hydrogen-bond acceptors (Lipinski definition) is 3. The van der Waals surface area contributed by atoms with E-state index in [9.17, 15) is 14.7 Å². The Bertz CT molecular complexity index is 597. The van der Waals surface area contributed by atoms with Crippen molar-refractivity contribution in [1.82, 2.24) is 0 Å². The topological polar surface area (TPSA) is 63.6 Å². The van der Waals surface area contributed by atoms with Crippen molar-refractivity contribution in [3.63, 3.8) is 0 Å². The van der Waals surface area contributed by atoms with Gasteiger partial charge in [-0.05, 0) is 58.4 Å². The Morgan fingerprint density at radius 1 is 0.781 bits per heavy atom. The lowest BCUT2D eigenvalue weighted by atomic mass is 9.83. The van der Waals surface area contributed by atoms with Crippen LogP contribution in [0.4, 0.5) is 0 Å². The van der Waals surface area contributed by atoms with Gasteiger partial charge in [0.15, 0.2) is 0 Å². The first-order valence-corrected chi connectivity index (χ1v) is 13.2. The lowest BCUT2D eigenvalue weighted by molar-refractivity contribution is -0.153. The molecular weight excluding hydrogens is 400 g/mol. The summed E-state index contributed by atoms with van der Waals surface area (Å²) in [5, 5.41) is 9.24. The Hall–Kier alpha value is -1.58. The minimum atomic E-state index is -0.953. The lowest BCUT2D eigenvalue weighted by Gasteiger charge is -2.34. The van der Waals surface area contributed by atoms with Crippen LogP contribution in [0, 0.1) is 0 Å². The second-order valence-electron chi connectivity index (χ2n) is 9.71. The molecule has 1 rings (SSSR count). The number of aliphatic carboxylic acids is 1. The zero-order valence-electron chi connectivity index (χ0n) is 21.1. The zero-order valence-corrected chi connectivity index (χ0v) is 21.1. The van der Waals surface area contributed by atoms with Gasteiger partial charge in [-0.1, -0.05) is 90.0 Å². The van der Waals surface area contributed by atoms with Crippen molar-refractivity contribution in [3.05, 3.63) is 23.3 Å². The minimum Gasteiger partial charge on any atom is -0.478 e. The van der Waals surface area contributed by atoms with Crippen molar-refractivity contribution in [1.29, 1.82) is 0 Å². The summed E-state index contributed by atoms with van der Waals surface area (Å²) >= 11 is 0. The van der Waals surface area contributed by atoms with E-state index in [0.717, 1.165) is 32.1 Å². The molecule has 0 aromatic heterocycles. The maximum atomic E-state index is 12.7. The molecule has 0 heterocycles. The number of carboxylic acid groups (broad SMARTS) is 1. The molecule has 1 saturated carbocycles. The van der Waals surface area contributed by atoms with E-state index < -0.39 is 11.6 Å². The quantitative estimate of drug-likeness (QED) is 0.138. The Labute approximate surface area is 196 Å². The largest absolute Gasteiger partial charge is 0.478 e. The van der Waals surface area contributed by atoms with E-state index in [1.165, 1.54) is 70.6 Å². The fourth-order valence-corrected chi connectivity index (χ4v) is 4.53. The molecule has 0 atom stereocenters. The van der Waals surface area contributed by atoms with E-state index >= 15 is 0 Å². The molecule has 32 heavy (non-hydrogen) atoms. The monoisotopic (exact) mass is 448 g/mol. The van der Waals surface area contributed by atoms with Gasteiger partial charge in [-0.25, -0.2) is 9.59 Å². The molecule has 4 heteroatoms. The third-order valence-corrected chi connectivity index (χ3v) is 6.64. The summed E-state index contributed by atoms with van der Waals surface area (Å²) in [6.07, 6.45) is 24.9. The highest BCUT2D eigenvalue weighted by Gasteiger charge is 2.35. The number of carboxylic acids is 1. The van der Waals surface area contributed by atoms with Crippen LogP contribution in [0.5, 0.6) is 0 Å². The second-order valence-corrected chi connectivity index (χ2v) is 9.71. The van der Waals surface area contributed by atoms with Gasteiger partial charge in [-0.3, -0.25) is 0 Å². The van der Waals surface area contributed by atoms with Crippen LogP contribution in [0.25, 0.3) is 0 Å². The second kappa shape index (κ2) is 17.0. The smallest absolute Gasteiger partial charge is 0.334 e. The molecule has 0 radical (unpaired) electrons. The number of allylic oxidation sites excluding steroid dienone is 1. The molecule has 0 amide bonds. The summed E-state index contributed by atoms with van der Waals surface area (Å²) in [6.45, 7) is 5.65. The summed E-state index contributed by atoms with van der Waals surface area (Å²) in [5.74, 6) is -1.26. The highest BCUT2D eigenvalue weighted by atomic mass is 16.6. The molecule has 1 aliphatic rings. The Morgan fingerprint density at radius 2 is 1.28 bits per heavy atom. The molecule has 0 saturated heterocycles. The molecule has 1 fully saturated rings. The number of carbonyl (C=O) groups is 2. The van der Waals surface area contributed by atoms with Gasteiger partial charge in [0, 0.05) is 11.1 Å². The Balaban J connectivity index is 2.25. The van der Waals surface area contributed by atoms with Crippen LogP contribution in [0.2, 0.25) is 0 Å². The predicted octanol–water partition coefficient (Wildman–Crippen LogP) is 8.30. The zero-order chi connectivity index (χ0) is 23.7. The number of esters is 1. The van der Waals surface area contributed by atoms with Crippen LogP contribution in [0.1, 0.15) is 136 Å². The lowest BCUT2D eigenvalue weighted by Crippen LogP contribution is -2.36. The van der Waals surface area contributed by atoms with E-state index in [1.807, 2.05) is 13.0 Å². The number of hydrogen-bond donors (Lipinski definition) is 1. The van der Waals surface area contributed by atoms with Gasteiger partial charge in [0.05, 0.1) is 0 Å². The summed E-state index contributed by atoms with van der Waals surface area (Å²) in [5.41, 5.74) is 0.125. The average Bonchev–Trinajstić information content (AvgIpc) is 2.77. The van der Waals surface area contributed by atoms with E-state index in [0.29, 0.717) is 18.4 Å². The van der Waals surface area contributed by atoms with Crippen molar-refractivity contribution < 1.29 is 19.4 Å². The van der Waals surface area contributed by atoms with Crippen molar-refractivity contribution in [2.24, 2.45) is 0 Å². The van der Waals surface area contributed by atoms with Crippen molar-refractivity contribution in [2.45, 2.75) is 142 Å². The van der Waals surface area contributed by atoms with E-state index in [4.69, 9.17) is 4.74 Å². The molecule has 1 aliphatic carbocycles. The molecule has 184 valence electrons. The molecule has 0 unspecified atom stereocenters. The molecule has 0 aromatic carbocycles. The van der Waals surface area contributed by atoms with Gasteiger partial charge in [0.2, 0.25) is 0 Å². The van der Waals surface area contributed by atoms with E-state index in [2.05, 4.69) is 6.92 Å². The predicted molar refractivity (Wildman–Crippen MR) is 133 cm³/mol. The number of unbranched alkanes of at least 4 members (excludes halogenated alkanes) is 12. The summed E-state index contributed by atoms with van der Waals surface area (Å²) in [4.78, 5) is 23.9. The van der Waals surface area contributed by atoms with Gasteiger partial charge in [-0.15, -0.1) is 0 Å². The standard InChI is InChI=1S/C28H48O4/c1-4-5-6-7-8-9-10-11-12-13-14-15-17-20-24(2)27(31)32-28(21-18-16-19-22-28)23-25(3)26(29)30/h20,23H,4-19,21-22H2,1-3H3,(H,29,30). The van der Waals surface area contributed by atoms with Crippen molar-refractivity contribution >= 4 is 11.9 Å². The summed E-state index contributed by atoms with van der Waals surface area (Å²) in [6, 6.07) is 0. The molecule has 0 bridgehead atoms. The third-order valence-electron chi connectivity index (χ3n) is 6.64. The SMILES string of the molecule is CCCCCCCCCCCCCCC=C(C)C(=O)OC1(C=C(C)C(=O)O)CCCCC1. The highest BCUT2D eigenvalue weighted by Crippen LogP contribution is 2.34. The first-order valence-electron chi connectivity index (χ1n) is 13.2.